The highest BCUT2D eigenvalue weighted by Gasteiger charge is 2.23. The van der Waals surface area contributed by atoms with Gasteiger partial charge in [-0.05, 0) is 43.2 Å². The number of halogens is 1. The van der Waals surface area contributed by atoms with Crippen LogP contribution in [-0.4, -0.2) is 20.0 Å². The van der Waals surface area contributed by atoms with Gasteiger partial charge < -0.3 is 0 Å². The second kappa shape index (κ2) is 5.77. The van der Waals surface area contributed by atoms with Crippen LogP contribution in [0.25, 0.3) is 0 Å². The summed E-state index contributed by atoms with van der Waals surface area (Å²) in [6, 6.07) is 10.1. The summed E-state index contributed by atoms with van der Waals surface area (Å²) in [7, 11) is -3.99. The normalized spacial score (nSPS) is 11.4. The molecule has 0 aliphatic rings. The zero-order valence-corrected chi connectivity index (χ0v) is 12.6. The van der Waals surface area contributed by atoms with Crippen LogP contribution in [0, 0.1) is 19.7 Å². The average molecular weight is 306 g/mol. The first-order chi connectivity index (χ1) is 9.81. The van der Waals surface area contributed by atoms with Gasteiger partial charge in [-0.2, -0.15) is 0 Å². The minimum absolute atomic E-state index is 0.318. The maximum Gasteiger partial charge on any atom is 0.188 e. The van der Waals surface area contributed by atoms with Crippen LogP contribution in [0.2, 0.25) is 0 Å². The predicted molar refractivity (Wildman–Crippen MR) is 78.7 cm³/mol. The van der Waals surface area contributed by atoms with Gasteiger partial charge in [-0.1, -0.05) is 24.3 Å². The lowest BCUT2D eigenvalue weighted by atomic mass is 10.0. The van der Waals surface area contributed by atoms with E-state index in [1.165, 1.54) is 18.2 Å². The van der Waals surface area contributed by atoms with E-state index in [2.05, 4.69) is 0 Å². The minimum atomic E-state index is -3.99. The zero-order valence-electron chi connectivity index (χ0n) is 11.8. The van der Waals surface area contributed by atoms with Gasteiger partial charge in [0, 0.05) is 5.56 Å². The summed E-state index contributed by atoms with van der Waals surface area (Å²) in [6.45, 7) is 3.75. The number of carbonyl (C=O) groups is 1. The van der Waals surface area contributed by atoms with Crippen molar-refractivity contribution in [1.29, 1.82) is 0 Å². The van der Waals surface area contributed by atoms with Crippen molar-refractivity contribution in [3.63, 3.8) is 0 Å². The fourth-order valence-corrected chi connectivity index (χ4v) is 3.26. The minimum Gasteiger partial charge on any atom is -0.293 e. The Morgan fingerprint density at radius 3 is 2.33 bits per heavy atom. The fourth-order valence-electron chi connectivity index (χ4n) is 1.95. The number of benzene rings is 2. The largest absolute Gasteiger partial charge is 0.293 e. The molecule has 0 spiro atoms. The number of hydrogen-bond acceptors (Lipinski definition) is 3. The van der Waals surface area contributed by atoms with Gasteiger partial charge in [0.25, 0.3) is 0 Å². The summed E-state index contributed by atoms with van der Waals surface area (Å²) in [5.74, 6) is -2.12. The Morgan fingerprint density at radius 1 is 1.05 bits per heavy atom. The van der Waals surface area contributed by atoms with Crippen molar-refractivity contribution in [1.82, 2.24) is 0 Å². The first-order valence-electron chi connectivity index (χ1n) is 6.39. The van der Waals surface area contributed by atoms with Crippen molar-refractivity contribution >= 4 is 15.6 Å². The predicted octanol–water partition coefficient (Wildman–Crippen LogP) is 3.10. The number of aryl methyl sites for hydroxylation is 2. The molecule has 0 heterocycles. The van der Waals surface area contributed by atoms with Crippen LogP contribution in [0.15, 0.2) is 47.4 Å². The van der Waals surface area contributed by atoms with Gasteiger partial charge >= 0.3 is 0 Å². The molecule has 0 bridgehead atoms. The molecule has 0 amide bonds. The van der Waals surface area contributed by atoms with Crippen molar-refractivity contribution in [3.05, 3.63) is 65.0 Å². The summed E-state index contributed by atoms with van der Waals surface area (Å²) < 4.78 is 37.8. The van der Waals surface area contributed by atoms with Gasteiger partial charge in [0.2, 0.25) is 0 Å². The Labute approximate surface area is 123 Å². The lowest BCUT2D eigenvalue weighted by Gasteiger charge is -2.07. The number of ketones is 1. The third-order valence-electron chi connectivity index (χ3n) is 3.32. The van der Waals surface area contributed by atoms with Crippen LogP contribution in [0.3, 0.4) is 0 Å². The second-order valence-corrected chi connectivity index (χ2v) is 6.87. The number of hydrogen-bond donors (Lipinski definition) is 0. The Hall–Kier alpha value is -2.01. The molecule has 0 saturated carbocycles. The molecule has 21 heavy (non-hydrogen) atoms. The lowest BCUT2D eigenvalue weighted by molar-refractivity contribution is 0.102. The molecule has 0 N–H and O–H groups in total. The van der Waals surface area contributed by atoms with E-state index in [-0.39, 0.29) is 0 Å². The molecular formula is C16H15FO3S. The van der Waals surface area contributed by atoms with Crippen LogP contribution in [0.5, 0.6) is 0 Å². The average Bonchev–Trinajstić information content (AvgIpc) is 2.41. The summed E-state index contributed by atoms with van der Waals surface area (Å²) in [5, 5.41) is 0. The van der Waals surface area contributed by atoms with Crippen molar-refractivity contribution in [3.8, 4) is 0 Å². The van der Waals surface area contributed by atoms with Crippen LogP contribution in [0.4, 0.5) is 4.39 Å². The number of sulfone groups is 1. The van der Waals surface area contributed by atoms with Crippen molar-refractivity contribution in [2.45, 2.75) is 18.7 Å². The molecule has 0 aliphatic heterocycles. The quantitative estimate of drug-likeness (QED) is 0.816. The molecule has 3 nitrogen and oxygen atoms in total. The maximum atomic E-state index is 13.6. The zero-order chi connectivity index (χ0) is 15.6. The Morgan fingerprint density at radius 2 is 1.71 bits per heavy atom. The Balaban J connectivity index is 2.30. The molecular weight excluding hydrogens is 291 g/mol. The first kappa shape index (κ1) is 15.4. The third kappa shape index (κ3) is 3.36. The molecule has 2 aromatic rings. The van der Waals surface area contributed by atoms with E-state index in [0.29, 0.717) is 5.56 Å². The van der Waals surface area contributed by atoms with Crippen LogP contribution in [-0.2, 0) is 9.84 Å². The van der Waals surface area contributed by atoms with Gasteiger partial charge in [-0.15, -0.1) is 0 Å². The highest BCUT2D eigenvalue weighted by Crippen LogP contribution is 2.17. The van der Waals surface area contributed by atoms with E-state index < -0.39 is 32.1 Å². The SMILES string of the molecule is Cc1ccc(C(=O)CS(=O)(=O)c2ccccc2F)cc1C. The van der Waals surface area contributed by atoms with Crippen LogP contribution < -0.4 is 0 Å². The summed E-state index contributed by atoms with van der Waals surface area (Å²) in [4.78, 5) is 11.7. The van der Waals surface area contributed by atoms with Crippen molar-refractivity contribution in [2.24, 2.45) is 0 Å². The number of Topliss-reactive ketones (excluding diaryl/α,β-unsaturated/α-hetero) is 1. The molecule has 0 radical (unpaired) electrons. The number of carbonyl (C=O) groups excluding carboxylic acids is 1. The van der Waals surface area contributed by atoms with E-state index in [0.717, 1.165) is 17.2 Å². The smallest absolute Gasteiger partial charge is 0.188 e. The van der Waals surface area contributed by atoms with Crippen molar-refractivity contribution in [2.75, 3.05) is 5.75 Å². The maximum absolute atomic E-state index is 13.6. The molecule has 2 aromatic carbocycles. The monoisotopic (exact) mass is 306 g/mol. The van der Waals surface area contributed by atoms with Gasteiger partial charge in [0.15, 0.2) is 15.6 Å². The molecule has 0 unspecified atom stereocenters. The van der Waals surface area contributed by atoms with E-state index in [9.17, 15) is 17.6 Å². The summed E-state index contributed by atoms with van der Waals surface area (Å²) in [6.07, 6.45) is 0. The van der Waals surface area contributed by atoms with Crippen LogP contribution in [0.1, 0.15) is 21.5 Å². The Kier molecular flexibility index (Phi) is 4.23. The molecule has 2 rings (SSSR count). The number of rotatable bonds is 4. The standard InChI is InChI=1S/C16H15FO3S/c1-11-7-8-13(9-12(11)2)15(18)10-21(19,20)16-6-4-3-5-14(16)17/h3-9H,10H2,1-2H3. The molecule has 0 aliphatic carbocycles. The fraction of sp³-hybridized carbons (Fsp3) is 0.188. The molecule has 0 atom stereocenters. The first-order valence-corrected chi connectivity index (χ1v) is 8.04. The lowest BCUT2D eigenvalue weighted by Crippen LogP contribution is -2.17. The highest BCUT2D eigenvalue weighted by molar-refractivity contribution is 7.92. The van der Waals surface area contributed by atoms with Gasteiger partial charge in [0.05, 0.1) is 0 Å². The summed E-state index contributed by atoms with van der Waals surface area (Å²) in [5.41, 5.74) is 2.24. The topological polar surface area (TPSA) is 51.2 Å². The molecule has 0 saturated heterocycles. The summed E-state index contributed by atoms with van der Waals surface area (Å²) >= 11 is 0. The molecule has 0 aromatic heterocycles. The van der Waals surface area contributed by atoms with E-state index in [4.69, 9.17) is 0 Å². The van der Waals surface area contributed by atoms with E-state index >= 15 is 0 Å². The van der Waals surface area contributed by atoms with E-state index in [1.807, 2.05) is 13.8 Å². The van der Waals surface area contributed by atoms with Gasteiger partial charge in [0.1, 0.15) is 16.5 Å². The highest BCUT2D eigenvalue weighted by atomic mass is 32.2. The van der Waals surface area contributed by atoms with Gasteiger partial charge in [-0.3, -0.25) is 4.79 Å². The second-order valence-electron chi connectivity index (χ2n) is 4.91. The molecule has 110 valence electrons. The van der Waals surface area contributed by atoms with Crippen LogP contribution >= 0.6 is 0 Å². The Bertz CT molecular complexity index is 795. The molecule has 0 fully saturated rings. The van der Waals surface area contributed by atoms with Gasteiger partial charge in [-0.25, -0.2) is 12.8 Å². The van der Waals surface area contributed by atoms with Crippen molar-refractivity contribution < 1.29 is 17.6 Å². The molecule has 5 heteroatoms. The van der Waals surface area contributed by atoms with E-state index in [1.54, 1.807) is 18.2 Å². The third-order valence-corrected chi connectivity index (χ3v) is 4.97.